The fourth-order valence-electron chi connectivity index (χ4n) is 0.293. The molecule has 0 radical (unpaired) electrons. The number of rotatable bonds is 3. The zero-order valence-corrected chi connectivity index (χ0v) is 7.99. The molecule has 0 bridgehead atoms. The van der Waals surface area contributed by atoms with E-state index in [-0.39, 0.29) is 0 Å². The number of allylic oxidation sites excluding steroid dienone is 3. The van der Waals surface area contributed by atoms with Crippen LogP contribution in [-0.2, 0) is 19.4 Å². The first kappa shape index (κ1) is 8.04. The van der Waals surface area contributed by atoms with Crippen LogP contribution in [0.25, 0.3) is 0 Å². The van der Waals surface area contributed by atoms with E-state index in [1.165, 1.54) is 24.9 Å². The van der Waals surface area contributed by atoms with Crippen molar-refractivity contribution in [2.45, 2.75) is 13.3 Å². The van der Waals surface area contributed by atoms with Crippen LogP contribution in [0.5, 0.6) is 0 Å². The maximum atomic E-state index is 3.81. The first-order valence-corrected chi connectivity index (χ1v) is 4.30. The first-order chi connectivity index (χ1) is 3.81. The van der Waals surface area contributed by atoms with Gasteiger partial charge in [0.1, 0.15) is 0 Å². The standard InChI is InChI=1S/C7H10.W/c1-4-6-7(3)5-2;/h1,4,6H,3,5H2,2H3;/b6-4-;. The van der Waals surface area contributed by atoms with Crippen LogP contribution in [0, 0.1) is 0 Å². The maximum absolute atomic E-state index is 3.81. The summed E-state index contributed by atoms with van der Waals surface area (Å²) >= 11 is 1.49. The van der Waals surface area contributed by atoms with E-state index in [1.807, 2.05) is 12.2 Å². The fraction of sp³-hybridized carbons (Fsp3) is 0.286. The molecule has 44 valence electrons. The second kappa shape index (κ2) is 5.18. The molecule has 0 aliphatic carbocycles. The van der Waals surface area contributed by atoms with E-state index in [2.05, 4.69) is 17.9 Å². The van der Waals surface area contributed by atoms with Crippen LogP contribution in [0.1, 0.15) is 13.3 Å². The summed E-state index contributed by atoms with van der Waals surface area (Å²) in [6, 6.07) is 0. The summed E-state index contributed by atoms with van der Waals surface area (Å²) in [7, 11) is 0. The summed E-state index contributed by atoms with van der Waals surface area (Å²) in [5, 5.41) is 0. The van der Waals surface area contributed by atoms with Crippen molar-refractivity contribution in [1.29, 1.82) is 0 Å². The molecule has 0 unspecified atom stereocenters. The van der Waals surface area contributed by atoms with E-state index >= 15 is 0 Å². The van der Waals surface area contributed by atoms with Crippen molar-refractivity contribution >= 4 is 4.40 Å². The summed E-state index contributed by atoms with van der Waals surface area (Å²) in [5.41, 5.74) is 1.20. The van der Waals surface area contributed by atoms with Crippen molar-refractivity contribution in [3.05, 3.63) is 24.3 Å². The Hall–Kier alpha value is 0.0383. The van der Waals surface area contributed by atoms with Gasteiger partial charge in [-0.3, -0.25) is 0 Å². The third-order valence-corrected chi connectivity index (χ3v) is 1.43. The van der Waals surface area contributed by atoms with Crippen LogP contribution in [0.3, 0.4) is 0 Å². The van der Waals surface area contributed by atoms with Gasteiger partial charge in [-0.15, -0.1) is 0 Å². The first-order valence-electron chi connectivity index (χ1n) is 2.61. The van der Waals surface area contributed by atoms with Crippen LogP contribution in [0.4, 0.5) is 0 Å². The van der Waals surface area contributed by atoms with Crippen LogP contribution in [0.2, 0.25) is 0 Å². The van der Waals surface area contributed by atoms with E-state index in [1.54, 1.807) is 0 Å². The normalized spacial score (nSPS) is 9.62. The third-order valence-electron chi connectivity index (χ3n) is 0.865. The van der Waals surface area contributed by atoms with E-state index in [0.29, 0.717) is 0 Å². The number of hydrogen-bond donors (Lipinski definition) is 0. The molecule has 0 N–H and O–H groups in total. The molecule has 0 saturated heterocycles. The van der Waals surface area contributed by atoms with E-state index in [4.69, 9.17) is 0 Å². The second-order valence-corrected chi connectivity index (χ2v) is 2.48. The molecule has 0 amide bonds. The second-order valence-electron chi connectivity index (χ2n) is 1.51. The van der Waals surface area contributed by atoms with Crippen molar-refractivity contribution in [3.63, 3.8) is 0 Å². The zero-order valence-electron chi connectivity index (χ0n) is 5.05. The molecule has 0 rings (SSSR count). The summed E-state index contributed by atoms with van der Waals surface area (Å²) in [5.74, 6) is 0. The molecule has 0 nitrogen and oxygen atoms in total. The van der Waals surface area contributed by atoms with E-state index in [0.717, 1.165) is 6.42 Å². The molecule has 0 aliphatic heterocycles. The third kappa shape index (κ3) is 4.20. The van der Waals surface area contributed by atoms with Gasteiger partial charge in [0.15, 0.2) is 0 Å². The Morgan fingerprint density at radius 2 is 2.38 bits per heavy atom. The summed E-state index contributed by atoms with van der Waals surface area (Å²) < 4.78 is 2.08. The van der Waals surface area contributed by atoms with Crippen molar-refractivity contribution in [3.8, 4) is 0 Å². The van der Waals surface area contributed by atoms with Crippen LogP contribution >= 0.6 is 0 Å². The molecule has 0 aromatic carbocycles. The van der Waals surface area contributed by atoms with Gasteiger partial charge in [0.25, 0.3) is 0 Å². The van der Waals surface area contributed by atoms with Gasteiger partial charge in [0, 0.05) is 0 Å². The van der Waals surface area contributed by atoms with Gasteiger partial charge in [-0.2, -0.15) is 0 Å². The van der Waals surface area contributed by atoms with Gasteiger partial charge >= 0.3 is 61.4 Å². The molecular weight excluding hydrogens is 268 g/mol. The Bertz CT molecular complexity index is 112. The summed E-state index contributed by atoms with van der Waals surface area (Å²) in [6.07, 6.45) is 5.15. The zero-order chi connectivity index (χ0) is 6.41. The Morgan fingerprint density at radius 3 is 2.75 bits per heavy atom. The molecule has 1 heteroatoms. The van der Waals surface area contributed by atoms with Gasteiger partial charge in [-0.1, -0.05) is 0 Å². The van der Waals surface area contributed by atoms with Crippen LogP contribution in [0.15, 0.2) is 24.3 Å². The molecular formula is C7H10W. The Labute approximate surface area is 61.7 Å². The average Bonchev–Trinajstić information content (AvgIpc) is 1.83. The van der Waals surface area contributed by atoms with Crippen LogP contribution < -0.4 is 0 Å². The van der Waals surface area contributed by atoms with Gasteiger partial charge in [0.05, 0.1) is 0 Å². The molecule has 0 aromatic heterocycles. The van der Waals surface area contributed by atoms with Gasteiger partial charge in [-0.05, 0) is 0 Å². The monoisotopic (exact) mass is 278 g/mol. The molecule has 0 spiro atoms. The number of hydrogen-bond acceptors (Lipinski definition) is 0. The van der Waals surface area contributed by atoms with Gasteiger partial charge in [-0.25, -0.2) is 0 Å². The Kier molecular flexibility index (Phi) is 5.21. The predicted molar refractivity (Wildman–Crippen MR) is 34.6 cm³/mol. The molecule has 0 atom stereocenters. The Balaban J connectivity index is 3.52. The molecule has 0 fully saturated rings. The molecule has 8 heavy (non-hydrogen) atoms. The van der Waals surface area contributed by atoms with Crippen molar-refractivity contribution < 1.29 is 19.4 Å². The Morgan fingerprint density at radius 1 is 1.75 bits per heavy atom. The molecule has 0 saturated carbocycles. The fourth-order valence-corrected chi connectivity index (χ4v) is 0.575. The predicted octanol–water partition coefficient (Wildman–Crippen LogP) is 1.86. The van der Waals surface area contributed by atoms with Gasteiger partial charge < -0.3 is 0 Å². The van der Waals surface area contributed by atoms with Crippen molar-refractivity contribution in [2.75, 3.05) is 0 Å². The van der Waals surface area contributed by atoms with Crippen LogP contribution in [-0.4, -0.2) is 4.40 Å². The average molecular weight is 278 g/mol. The quantitative estimate of drug-likeness (QED) is 0.691. The van der Waals surface area contributed by atoms with E-state index < -0.39 is 0 Å². The summed E-state index contributed by atoms with van der Waals surface area (Å²) in [4.78, 5) is 0. The van der Waals surface area contributed by atoms with Gasteiger partial charge in [0.2, 0.25) is 0 Å². The SMILES string of the molecule is C=C(/C=C\[CH]=[W])CC. The van der Waals surface area contributed by atoms with Crippen molar-refractivity contribution in [2.24, 2.45) is 0 Å². The minimum absolute atomic E-state index is 1.06. The van der Waals surface area contributed by atoms with E-state index in [9.17, 15) is 0 Å². The molecule has 0 heterocycles. The molecule has 0 aromatic rings. The van der Waals surface area contributed by atoms with Crippen molar-refractivity contribution in [1.82, 2.24) is 0 Å². The summed E-state index contributed by atoms with van der Waals surface area (Å²) in [6.45, 7) is 5.92. The minimum atomic E-state index is 1.06. The molecule has 0 aliphatic rings. The topological polar surface area (TPSA) is 0 Å².